The number of methoxy groups -OCH3 is 1. The summed E-state index contributed by atoms with van der Waals surface area (Å²) in [5, 5.41) is 8.78. The van der Waals surface area contributed by atoms with Crippen molar-refractivity contribution >= 4 is 11.9 Å². The fourth-order valence-corrected chi connectivity index (χ4v) is 1.88. The summed E-state index contributed by atoms with van der Waals surface area (Å²) in [6, 6.07) is -0.253. The first-order valence-electron chi connectivity index (χ1n) is 5.11. The summed E-state index contributed by atoms with van der Waals surface area (Å²) in [4.78, 5) is 23.9. The van der Waals surface area contributed by atoms with Gasteiger partial charge in [0.1, 0.15) is 6.04 Å². The van der Waals surface area contributed by atoms with E-state index < -0.39 is 11.9 Å². The second-order valence-electron chi connectivity index (χ2n) is 3.92. The molecule has 0 aromatic rings. The van der Waals surface area contributed by atoms with E-state index in [1.165, 1.54) is 7.11 Å². The summed E-state index contributed by atoms with van der Waals surface area (Å²) in [5.41, 5.74) is 0. The van der Waals surface area contributed by atoms with E-state index in [1.807, 2.05) is 4.90 Å². The van der Waals surface area contributed by atoms with Crippen LogP contribution in [0.15, 0.2) is 0 Å². The molecule has 2 atom stereocenters. The van der Waals surface area contributed by atoms with Crippen molar-refractivity contribution in [3.8, 4) is 0 Å². The summed E-state index contributed by atoms with van der Waals surface area (Å²) in [7, 11) is 1.36. The molecule has 5 nitrogen and oxygen atoms in total. The quantitative estimate of drug-likeness (QED) is 0.685. The first-order valence-corrected chi connectivity index (χ1v) is 5.11. The Morgan fingerprint density at radius 2 is 2.27 bits per heavy atom. The lowest BCUT2D eigenvalue weighted by atomic mass is 10.1. The molecule has 1 N–H and O–H groups in total. The molecule has 15 heavy (non-hydrogen) atoms. The van der Waals surface area contributed by atoms with E-state index in [9.17, 15) is 9.59 Å². The minimum atomic E-state index is -0.828. The van der Waals surface area contributed by atoms with Crippen molar-refractivity contribution in [3.05, 3.63) is 0 Å². The Bertz CT molecular complexity index is 254. The standard InChI is InChI=1S/C10H17NO4/c1-7(9(12)13)6-11-5-3-4-8(11)10(14)15-2/h7-8H,3-6H2,1-2H3,(H,12,13). The van der Waals surface area contributed by atoms with Crippen LogP contribution in [0, 0.1) is 5.92 Å². The van der Waals surface area contributed by atoms with Crippen molar-refractivity contribution in [2.45, 2.75) is 25.8 Å². The summed E-state index contributed by atoms with van der Waals surface area (Å²) < 4.78 is 4.68. The van der Waals surface area contributed by atoms with Crippen LogP contribution in [-0.4, -0.2) is 48.2 Å². The molecule has 0 bridgehead atoms. The molecular formula is C10H17NO4. The summed E-state index contributed by atoms with van der Waals surface area (Å²) in [6.45, 7) is 2.83. The molecule has 1 saturated heterocycles. The van der Waals surface area contributed by atoms with Crippen LogP contribution in [0.4, 0.5) is 0 Å². The van der Waals surface area contributed by atoms with Gasteiger partial charge in [-0.3, -0.25) is 14.5 Å². The van der Waals surface area contributed by atoms with Crippen LogP contribution in [0.1, 0.15) is 19.8 Å². The number of hydrogen-bond donors (Lipinski definition) is 1. The van der Waals surface area contributed by atoms with Gasteiger partial charge in [0, 0.05) is 6.54 Å². The van der Waals surface area contributed by atoms with Gasteiger partial charge in [-0.1, -0.05) is 6.92 Å². The predicted octanol–water partition coefficient (Wildman–Crippen LogP) is 0.344. The molecule has 0 amide bonds. The summed E-state index contributed by atoms with van der Waals surface area (Å²) in [5.74, 6) is -1.54. The van der Waals surface area contributed by atoms with Crippen molar-refractivity contribution in [1.29, 1.82) is 0 Å². The van der Waals surface area contributed by atoms with Gasteiger partial charge >= 0.3 is 11.9 Å². The molecule has 0 radical (unpaired) electrons. The number of rotatable bonds is 4. The minimum Gasteiger partial charge on any atom is -0.481 e. The van der Waals surface area contributed by atoms with E-state index in [2.05, 4.69) is 4.74 Å². The number of nitrogens with zero attached hydrogens (tertiary/aromatic N) is 1. The van der Waals surface area contributed by atoms with Gasteiger partial charge in [0.2, 0.25) is 0 Å². The highest BCUT2D eigenvalue weighted by Gasteiger charge is 2.33. The molecule has 5 heteroatoms. The molecule has 0 aromatic carbocycles. The number of esters is 1. The molecule has 0 aromatic heterocycles. The molecule has 0 saturated carbocycles. The van der Waals surface area contributed by atoms with Crippen LogP contribution in [0.5, 0.6) is 0 Å². The van der Waals surface area contributed by atoms with Crippen LogP contribution in [0.2, 0.25) is 0 Å². The highest BCUT2D eigenvalue weighted by atomic mass is 16.5. The van der Waals surface area contributed by atoms with E-state index in [-0.39, 0.29) is 12.0 Å². The summed E-state index contributed by atoms with van der Waals surface area (Å²) in [6.07, 6.45) is 1.69. The second kappa shape index (κ2) is 5.11. The zero-order valence-electron chi connectivity index (χ0n) is 9.10. The highest BCUT2D eigenvalue weighted by molar-refractivity contribution is 5.76. The molecule has 1 heterocycles. The van der Waals surface area contributed by atoms with E-state index in [4.69, 9.17) is 5.11 Å². The van der Waals surface area contributed by atoms with Crippen LogP contribution < -0.4 is 0 Å². The third-order valence-corrected chi connectivity index (χ3v) is 2.77. The average Bonchev–Trinajstić information content (AvgIpc) is 2.64. The topological polar surface area (TPSA) is 66.8 Å². The lowest BCUT2D eigenvalue weighted by Gasteiger charge is -2.23. The monoisotopic (exact) mass is 215 g/mol. The van der Waals surface area contributed by atoms with E-state index in [1.54, 1.807) is 6.92 Å². The lowest BCUT2D eigenvalue weighted by molar-refractivity contribution is -0.148. The second-order valence-corrected chi connectivity index (χ2v) is 3.92. The maximum atomic E-state index is 11.4. The van der Waals surface area contributed by atoms with Gasteiger partial charge in [0.05, 0.1) is 13.0 Å². The van der Waals surface area contributed by atoms with Gasteiger partial charge < -0.3 is 9.84 Å². The largest absolute Gasteiger partial charge is 0.481 e. The third kappa shape index (κ3) is 2.92. The Morgan fingerprint density at radius 3 is 2.80 bits per heavy atom. The zero-order valence-corrected chi connectivity index (χ0v) is 9.10. The number of ether oxygens (including phenoxy) is 1. The van der Waals surface area contributed by atoms with Gasteiger partial charge in [0.15, 0.2) is 0 Å². The van der Waals surface area contributed by atoms with Crippen LogP contribution in [-0.2, 0) is 14.3 Å². The molecule has 1 fully saturated rings. The Hall–Kier alpha value is -1.10. The van der Waals surface area contributed by atoms with Crippen LogP contribution in [0.3, 0.4) is 0 Å². The molecule has 86 valence electrons. The lowest BCUT2D eigenvalue weighted by Crippen LogP contribution is -2.40. The molecule has 1 rings (SSSR count). The number of aliphatic carboxylic acids is 1. The number of carbonyl (C=O) groups is 2. The van der Waals surface area contributed by atoms with Gasteiger partial charge in [-0.25, -0.2) is 0 Å². The van der Waals surface area contributed by atoms with Crippen molar-refractivity contribution in [2.24, 2.45) is 5.92 Å². The molecule has 2 unspecified atom stereocenters. The van der Waals surface area contributed by atoms with Gasteiger partial charge in [-0.15, -0.1) is 0 Å². The number of carbonyl (C=O) groups excluding carboxylic acids is 1. The van der Waals surface area contributed by atoms with E-state index >= 15 is 0 Å². The smallest absolute Gasteiger partial charge is 0.323 e. The Labute approximate surface area is 89.0 Å². The Morgan fingerprint density at radius 1 is 1.60 bits per heavy atom. The SMILES string of the molecule is COC(=O)C1CCCN1CC(C)C(=O)O. The van der Waals surface area contributed by atoms with Crippen LogP contribution in [0.25, 0.3) is 0 Å². The number of carboxylic acid groups (broad SMARTS) is 1. The molecule has 0 aliphatic carbocycles. The molecule has 0 spiro atoms. The fourth-order valence-electron chi connectivity index (χ4n) is 1.88. The van der Waals surface area contributed by atoms with Gasteiger partial charge in [-0.05, 0) is 19.4 Å². The van der Waals surface area contributed by atoms with Crippen molar-refractivity contribution < 1.29 is 19.4 Å². The zero-order chi connectivity index (χ0) is 11.4. The average molecular weight is 215 g/mol. The summed E-state index contributed by atoms with van der Waals surface area (Å²) >= 11 is 0. The Balaban J connectivity index is 2.53. The van der Waals surface area contributed by atoms with Gasteiger partial charge in [0.25, 0.3) is 0 Å². The fraction of sp³-hybridized carbons (Fsp3) is 0.800. The van der Waals surface area contributed by atoms with Crippen molar-refractivity contribution in [2.75, 3.05) is 20.2 Å². The number of likely N-dealkylation sites (tertiary alicyclic amines) is 1. The normalized spacial score (nSPS) is 23.7. The van der Waals surface area contributed by atoms with E-state index in [0.29, 0.717) is 6.54 Å². The highest BCUT2D eigenvalue weighted by Crippen LogP contribution is 2.19. The van der Waals surface area contributed by atoms with Crippen LogP contribution >= 0.6 is 0 Å². The van der Waals surface area contributed by atoms with Crippen molar-refractivity contribution in [1.82, 2.24) is 4.90 Å². The first-order chi connectivity index (χ1) is 7.06. The number of carboxylic acids is 1. The minimum absolute atomic E-state index is 0.253. The maximum absolute atomic E-state index is 11.4. The van der Waals surface area contributed by atoms with Gasteiger partial charge in [-0.2, -0.15) is 0 Å². The first kappa shape index (κ1) is 12.0. The number of hydrogen-bond acceptors (Lipinski definition) is 4. The molecule has 1 aliphatic rings. The molecular weight excluding hydrogens is 198 g/mol. The predicted molar refractivity (Wildman–Crippen MR) is 53.4 cm³/mol. The van der Waals surface area contributed by atoms with Crippen molar-refractivity contribution in [3.63, 3.8) is 0 Å². The third-order valence-electron chi connectivity index (χ3n) is 2.77. The maximum Gasteiger partial charge on any atom is 0.323 e. The Kier molecular flexibility index (Phi) is 4.08. The molecule has 1 aliphatic heterocycles. The van der Waals surface area contributed by atoms with E-state index in [0.717, 1.165) is 19.4 Å².